The van der Waals surface area contributed by atoms with Gasteiger partial charge in [0.25, 0.3) is 0 Å². The number of halogens is 1. The number of nitrogens with one attached hydrogen (secondary N) is 1. The van der Waals surface area contributed by atoms with Gasteiger partial charge in [-0.05, 0) is 69.5 Å². The van der Waals surface area contributed by atoms with Crippen molar-refractivity contribution in [2.24, 2.45) is 10.9 Å². The zero-order valence-electron chi connectivity index (χ0n) is 20.7. The third-order valence-corrected chi connectivity index (χ3v) is 10.3. The number of aliphatic hydroxyl groups is 1. The van der Waals surface area contributed by atoms with Crippen LogP contribution in [0, 0.1) is 12.8 Å². The number of rotatable bonds is 5. The molecule has 6 nitrogen and oxygen atoms in total. The van der Waals surface area contributed by atoms with Crippen LogP contribution in [0.2, 0.25) is 5.02 Å². The van der Waals surface area contributed by atoms with Crippen molar-refractivity contribution in [3.63, 3.8) is 0 Å². The van der Waals surface area contributed by atoms with Crippen LogP contribution in [0.15, 0.2) is 29.3 Å². The molecule has 0 unspecified atom stereocenters. The Kier molecular flexibility index (Phi) is 5.44. The van der Waals surface area contributed by atoms with Gasteiger partial charge in [0.15, 0.2) is 5.82 Å². The molecule has 3 aromatic rings. The lowest BCUT2D eigenvalue weighted by molar-refractivity contribution is 0.116. The van der Waals surface area contributed by atoms with Crippen molar-refractivity contribution < 1.29 is 5.11 Å². The van der Waals surface area contributed by atoms with E-state index in [0.29, 0.717) is 5.92 Å². The molecule has 2 fully saturated rings. The maximum absolute atomic E-state index is 10.2. The van der Waals surface area contributed by atoms with Crippen molar-refractivity contribution in [3.05, 3.63) is 62.5 Å². The molecule has 1 aliphatic heterocycles. The van der Waals surface area contributed by atoms with E-state index in [1.54, 1.807) is 0 Å². The van der Waals surface area contributed by atoms with Crippen LogP contribution in [0.3, 0.4) is 0 Å². The summed E-state index contributed by atoms with van der Waals surface area (Å²) in [6.45, 7) is 3.22. The van der Waals surface area contributed by atoms with E-state index in [4.69, 9.17) is 16.6 Å². The van der Waals surface area contributed by atoms with E-state index < -0.39 is 0 Å². The molecule has 7 rings (SSSR count). The summed E-state index contributed by atoms with van der Waals surface area (Å²) in [6, 6.07) is 8.11. The highest BCUT2D eigenvalue weighted by atomic mass is 35.5. The second-order valence-corrected chi connectivity index (χ2v) is 12.7. The zero-order chi connectivity index (χ0) is 24.5. The number of aromatic nitrogens is 3. The van der Waals surface area contributed by atoms with Crippen LogP contribution in [0.4, 0.5) is 0 Å². The highest BCUT2D eigenvalue weighted by molar-refractivity contribution is 7.15. The Morgan fingerprint density at radius 2 is 1.92 bits per heavy atom. The molecule has 0 saturated heterocycles. The fourth-order valence-electron chi connectivity index (χ4n) is 6.56. The summed E-state index contributed by atoms with van der Waals surface area (Å²) in [7, 11) is 0. The molecule has 1 spiro atoms. The van der Waals surface area contributed by atoms with E-state index >= 15 is 0 Å². The largest absolute Gasteiger partial charge is 0.394 e. The first-order valence-corrected chi connectivity index (χ1v) is 14.5. The van der Waals surface area contributed by atoms with Crippen molar-refractivity contribution in [3.8, 4) is 5.00 Å². The van der Waals surface area contributed by atoms with Gasteiger partial charge in [-0.1, -0.05) is 49.1 Å². The van der Waals surface area contributed by atoms with Crippen molar-refractivity contribution in [2.75, 3.05) is 13.2 Å². The summed E-state index contributed by atoms with van der Waals surface area (Å²) in [6.07, 6.45) is 9.91. The van der Waals surface area contributed by atoms with Crippen molar-refractivity contribution in [1.82, 2.24) is 20.1 Å². The molecule has 4 aliphatic rings. The zero-order valence-corrected chi connectivity index (χ0v) is 22.3. The number of aliphatic hydroxyl groups excluding tert-OH is 1. The fourth-order valence-corrected chi connectivity index (χ4v) is 8.27. The van der Waals surface area contributed by atoms with Crippen molar-refractivity contribution in [1.29, 1.82) is 0 Å². The summed E-state index contributed by atoms with van der Waals surface area (Å²) in [5, 5.41) is 25.0. The number of hydrogen-bond acceptors (Lipinski definition) is 6. The highest BCUT2D eigenvalue weighted by Crippen LogP contribution is 2.54. The third kappa shape index (κ3) is 3.54. The van der Waals surface area contributed by atoms with Gasteiger partial charge in [-0.3, -0.25) is 9.56 Å². The lowest BCUT2D eigenvalue weighted by atomic mass is 9.82. The standard InChI is InChI=1S/C28H32ClN5OS/c1-17-32-33-26-28(11-12-28)31-24(19-7-3-4-8-21(19)29)23-20-13-18(14-22(20)36-25(23)34(17)26)15-30-27(16-35)9-5-2-6-10-27/h3-4,7-8,18,30,35H,2,5-6,9-16H2,1H3/t18-/m0/s1. The second kappa shape index (κ2) is 8.48. The van der Waals surface area contributed by atoms with Gasteiger partial charge < -0.3 is 10.4 Å². The molecule has 188 valence electrons. The average molecular weight is 522 g/mol. The van der Waals surface area contributed by atoms with Crippen LogP contribution >= 0.6 is 22.9 Å². The van der Waals surface area contributed by atoms with Gasteiger partial charge in [-0.25, -0.2) is 0 Å². The highest BCUT2D eigenvalue weighted by Gasteiger charge is 2.52. The van der Waals surface area contributed by atoms with Crippen LogP contribution in [0.1, 0.15) is 78.2 Å². The van der Waals surface area contributed by atoms with Gasteiger partial charge in [0, 0.05) is 26.6 Å². The Labute approximate surface area is 220 Å². The minimum absolute atomic E-state index is 0.0950. The van der Waals surface area contributed by atoms with Gasteiger partial charge in [-0.2, -0.15) is 0 Å². The monoisotopic (exact) mass is 521 g/mol. The minimum atomic E-state index is -0.296. The molecule has 2 aromatic heterocycles. The van der Waals surface area contributed by atoms with Crippen LogP contribution in [0.5, 0.6) is 0 Å². The fraction of sp³-hybridized carbons (Fsp3) is 0.536. The first kappa shape index (κ1) is 23.1. The first-order valence-electron chi connectivity index (χ1n) is 13.3. The smallest absolute Gasteiger partial charge is 0.166 e. The van der Waals surface area contributed by atoms with E-state index in [9.17, 15) is 5.11 Å². The van der Waals surface area contributed by atoms with Crippen LogP contribution in [0.25, 0.3) is 5.00 Å². The number of hydrogen-bond donors (Lipinski definition) is 2. The SMILES string of the molecule is Cc1nnc2n1-c1sc3c(c1C(c1ccccc1Cl)=NC21CC1)C[C@H](CNC1(CO)CCCCC1)C3. The third-order valence-electron chi connectivity index (χ3n) is 8.78. The predicted octanol–water partition coefficient (Wildman–Crippen LogP) is 5.13. The van der Waals surface area contributed by atoms with E-state index in [2.05, 4.69) is 32.2 Å². The summed E-state index contributed by atoms with van der Waals surface area (Å²) < 4.78 is 2.27. The number of thiophene rings is 1. The van der Waals surface area contributed by atoms with E-state index in [-0.39, 0.29) is 17.7 Å². The maximum atomic E-state index is 10.2. The molecule has 36 heavy (non-hydrogen) atoms. The van der Waals surface area contributed by atoms with Gasteiger partial charge in [-0.15, -0.1) is 21.5 Å². The molecule has 2 N–H and O–H groups in total. The Bertz CT molecular complexity index is 1360. The predicted molar refractivity (Wildman–Crippen MR) is 144 cm³/mol. The number of nitrogens with zero attached hydrogens (tertiary/aromatic N) is 4. The summed E-state index contributed by atoms with van der Waals surface area (Å²) in [4.78, 5) is 6.88. The summed E-state index contributed by atoms with van der Waals surface area (Å²) >= 11 is 8.66. The van der Waals surface area contributed by atoms with Gasteiger partial charge in [0.1, 0.15) is 16.4 Å². The van der Waals surface area contributed by atoms with Crippen LogP contribution < -0.4 is 5.32 Å². The molecule has 0 bridgehead atoms. The molecule has 3 aliphatic carbocycles. The number of aryl methyl sites for hydroxylation is 1. The molecule has 8 heteroatoms. The normalized spacial score (nSPS) is 23.1. The summed E-state index contributed by atoms with van der Waals surface area (Å²) in [5.41, 5.74) is 4.28. The molecular weight excluding hydrogens is 490 g/mol. The van der Waals surface area contributed by atoms with E-state index in [0.717, 1.165) is 73.0 Å². The van der Waals surface area contributed by atoms with Crippen molar-refractivity contribution in [2.45, 2.75) is 75.8 Å². The Morgan fingerprint density at radius 1 is 1.11 bits per heavy atom. The molecule has 2 saturated carbocycles. The molecular formula is C28H32ClN5OS. The van der Waals surface area contributed by atoms with Gasteiger partial charge in [0.05, 0.1) is 12.3 Å². The van der Waals surface area contributed by atoms with E-state index in [1.165, 1.54) is 40.3 Å². The first-order chi connectivity index (χ1) is 17.5. The van der Waals surface area contributed by atoms with E-state index in [1.807, 2.05) is 30.4 Å². The molecule has 1 aromatic carbocycles. The second-order valence-electron chi connectivity index (χ2n) is 11.2. The Hall–Kier alpha value is -2.06. The average Bonchev–Trinajstić information content (AvgIpc) is 3.25. The summed E-state index contributed by atoms with van der Waals surface area (Å²) in [5.74, 6) is 2.42. The molecule has 0 amide bonds. The molecule has 1 atom stereocenters. The van der Waals surface area contributed by atoms with Crippen molar-refractivity contribution >= 4 is 28.6 Å². The lowest BCUT2D eigenvalue weighted by Crippen LogP contribution is -2.51. The quantitative estimate of drug-likeness (QED) is 0.488. The number of aliphatic imine (C=N–C) groups is 1. The molecule has 0 radical (unpaired) electrons. The molecule has 3 heterocycles. The van der Waals surface area contributed by atoms with Crippen LogP contribution in [-0.4, -0.2) is 44.3 Å². The minimum Gasteiger partial charge on any atom is -0.394 e. The number of fused-ring (bicyclic) bond motifs is 6. The van der Waals surface area contributed by atoms with Gasteiger partial charge in [0.2, 0.25) is 0 Å². The topological polar surface area (TPSA) is 75.3 Å². The Balaban J connectivity index is 1.29. The number of benzene rings is 1. The lowest BCUT2D eigenvalue weighted by Gasteiger charge is -2.37. The Morgan fingerprint density at radius 3 is 2.67 bits per heavy atom. The maximum Gasteiger partial charge on any atom is 0.166 e. The van der Waals surface area contributed by atoms with Crippen LogP contribution in [-0.2, 0) is 18.4 Å². The van der Waals surface area contributed by atoms with Gasteiger partial charge >= 0.3 is 0 Å².